The first-order chi connectivity index (χ1) is 6.74. The summed E-state index contributed by atoms with van der Waals surface area (Å²) in [6.45, 7) is 7.79. The molecule has 0 aliphatic rings. The van der Waals surface area contributed by atoms with Crippen LogP contribution in [0.5, 0.6) is 0 Å². The van der Waals surface area contributed by atoms with Gasteiger partial charge in [0.25, 0.3) is 0 Å². The van der Waals surface area contributed by atoms with Crippen LogP contribution in [-0.4, -0.2) is 5.71 Å². The van der Waals surface area contributed by atoms with Crippen molar-refractivity contribution in [3.63, 3.8) is 0 Å². The van der Waals surface area contributed by atoms with Gasteiger partial charge >= 0.3 is 0 Å². The molecule has 1 nitrogen and oxygen atoms in total. The molecule has 1 N–H and O–H groups in total. The van der Waals surface area contributed by atoms with Crippen molar-refractivity contribution in [1.82, 2.24) is 0 Å². The van der Waals surface area contributed by atoms with Crippen LogP contribution < -0.4 is 0 Å². The Balaban J connectivity index is 0.000000791. The smallest absolute Gasteiger partial charge is 0.0355 e. The Labute approximate surface area is 87.0 Å². The minimum Gasteiger partial charge on any atom is -0.305 e. The van der Waals surface area contributed by atoms with Crippen molar-refractivity contribution in [1.29, 1.82) is 5.41 Å². The van der Waals surface area contributed by atoms with Crippen LogP contribution in [0.1, 0.15) is 38.8 Å². The molecular formula is C13H19N. The highest BCUT2D eigenvalue weighted by Gasteiger charge is 1.92. The molecule has 0 spiro atoms. The summed E-state index contributed by atoms with van der Waals surface area (Å²) in [5.74, 6) is 0. The molecule has 0 unspecified atom stereocenters. The minimum absolute atomic E-state index is 0.613. The van der Waals surface area contributed by atoms with E-state index in [1.165, 1.54) is 5.56 Å². The van der Waals surface area contributed by atoms with Gasteiger partial charge in [0, 0.05) is 5.71 Å². The van der Waals surface area contributed by atoms with Gasteiger partial charge in [-0.25, -0.2) is 0 Å². The molecule has 1 heteroatoms. The maximum absolute atomic E-state index is 7.39. The van der Waals surface area contributed by atoms with Crippen molar-refractivity contribution in [2.45, 2.75) is 27.7 Å². The summed E-state index contributed by atoms with van der Waals surface area (Å²) >= 11 is 0. The molecule has 0 aromatic heterocycles. The van der Waals surface area contributed by atoms with Crippen LogP contribution in [0.4, 0.5) is 0 Å². The van der Waals surface area contributed by atoms with Crippen LogP contribution in [0.25, 0.3) is 6.08 Å². The van der Waals surface area contributed by atoms with Gasteiger partial charge in [0.1, 0.15) is 0 Å². The normalized spacial score (nSPS) is 9.43. The highest BCUT2D eigenvalue weighted by molar-refractivity contribution is 5.96. The molecule has 0 saturated carbocycles. The molecule has 0 bridgehead atoms. The lowest BCUT2D eigenvalue weighted by molar-refractivity contribution is 1.45. The average molecular weight is 189 g/mol. The zero-order chi connectivity index (χ0) is 11.0. The quantitative estimate of drug-likeness (QED) is 0.676. The minimum atomic E-state index is 0.613. The van der Waals surface area contributed by atoms with Crippen LogP contribution >= 0.6 is 0 Å². The molecule has 0 aliphatic carbocycles. The summed E-state index contributed by atoms with van der Waals surface area (Å²) in [7, 11) is 0. The summed E-state index contributed by atoms with van der Waals surface area (Å²) in [4.78, 5) is 0. The maximum Gasteiger partial charge on any atom is 0.0355 e. The van der Waals surface area contributed by atoms with Gasteiger partial charge in [-0.05, 0) is 25.0 Å². The zero-order valence-electron chi connectivity index (χ0n) is 9.46. The average Bonchev–Trinajstić information content (AvgIpc) is 2.22. The Bertz CT molecular complexity index is 294. The first kappa shape index (κ1) is 12.6. The van der Waals surface area contributed by atoms with E-state index in [4.69, 9.17) is 5.41 Å². The van der Waals surface area contributed by atoms with E-state index in [1.807, 2.05) is 57.2 Å². The fourth-order valence-electron chi connectivity index (χ4n) is 1.04. The summed E-state index contributed by atoms with van der Waals surface area (Å²) < 4.78 is 0. The van der Waals surface area contributed by atoms with Crippen LogP contribution in [0.2, 0.25) is 0 Å². The molecule has 0 heterocycles. The van der Waals surface area contributed by atoms with Gasteiger partial charge in [-0.2, -0.15) is 0 Å². The standard InChI is InChI=1S/C11H13N.C2H6/c1-3-4-10-5-7-11(8-6-10)9(2)12;1-2/h3-8,12H,1-2H3;1-2H3/b4-3+,12-9?;. The van der Waals surface area contributed by atoms with Crippen molar-refractivity contribution in [2.75, 3.05) is 0 Å². The van der Waals surface area contributed by atoms with Gasteiger partial charge in [0.05, 0.1) is 0 Å². The molecule has 1 aromatic rings. The Morgan fingerprint density at radius 2 is 1.64 bits per heavy atom. The van der Waals surface area contributed by atoms with Crippen LogP contribution in [0.15, 0.2) is 30.3 Å². The summed E-state index contributed by atoms with van der Waals surface area (Å²) in [5, 5.41) is 7.39. The molecule has 1 rings (SSSR count). The molecule has 14 heavy (non-hydrogen) atoms. The SMILES string of the molecule is C/C=C/c1ccc(C(C)=N)cc1.CC. The van der Waals surface area contributed by atoms with Crippen LogP contribution in [-0.2, 0) is 0 Å². The Morgan fingerprint density at radius 1 is 1.14 bits per heavy atom. The second-order valence-electron chi connectivity index (χ2n) is 2.75. The molecule has 0 atom stereocenters. The number of rotatable bonds is 2. The van der Waals surface area contributed by atoms with Crippen LogP contribution in [0, 0.1) is 5.41 Å². The van der Waals surface area contributed by atoms with E-state index in [1.54, 1.807) is 6.92 Å². The molecule has 0 aliphatic heterocycles. The van der Waals surface area contributed by atoms with E-state index in [2.05, 4.69) is 0 Å². The Hall–Kier alpha value is -1.37. The first-order valence-electron chi connectivity index (χ1n) is 5.02. The van der Waals surface area contributed by atoms with Crippen molar-refractivity contribution < 1.29 is 0 Å². The third kappa shape index (κ3) is 4.04. The number of benzene rings is 1. The van der Waals surface area contributed by atoms with E-state index < -0.39 is 0 Å². The third-order valence-electron chi connectivity index (χ3n) is 1.70. The van der Waals surface area contributed by atoms with Gasteiger partial charge in [0.15, 0.2) is 0 Å². The summed E-state index contributed by atoms with van der Waals surface area (Å²) in [6.07, 6.45) is 4.05. The number of allylic oxidation sites excluding steroid dienone is 1. The van der Waals surface area contributed by atoms with Crippen LogP contribution in [0.3, 0.4) is 0 Å². The zero-order valence-corrected chi connectivity index (χ0v) is 9.46. The molecule has 0 amide bonds. The highest BCUT2D eigenvalue weighted by Crippen LogP contribution is 2.06. The maximum atomic E-state index is 7.39. The Kier molecular flexibility index (Phi) is 6.38. The van der Waals surface area contributed by atoms with Gasteiger partial charge < -0.3 is 5.41 Å². The molecule has 76 valence electrons. The Morgan fingerprint density at radius 3 is 2.00 bits per heavy atom. The van der Waals surface area contributed by atoms with E-state index in [0.29, 0.717) is 5.71 Å². The van der Waals surface area contributed by atoms with Crippen molar-refractivity contribution in [3.05, 3.63) is 41.5 Å². The first-order valence-corrected chi connectivity index (χ1v) is 5.02. The lowest BCUT2D eigenvalue weighted by Crippen LogP contribution is -1.90. The second kappa shape index (κ2) is 7.07. The van der Waals surface area contributed by atoms with Crippen molar-refractivity contribution in [3.8, 4) is 0 Å². The third-order valence-corrected chi connectivity index (χ3v) is 1.70. The highest BCUT2D eigenvalue weighted by atomic mass is 14.4. The van der Waals surface area contributed by atoms with Gasteiger partial charge in [0.2, 0.25) is 0 Å². The lowest BCUT2D eigenvalue weighted by atomic mass is 10.1. The monoisotopic (exact) mass is 189 g/mol. The van der Waals surface area contributed by atoms with E-state index in [9.17, 15) is 0 Å². The number of nitrogens with one attached hydrogen (secondary N) is 1. The van der Waals surface area contributed by atoms with Gasteiger partial charge in [-0.1, -0.05) is 50.3 Å². The molecule has 1 aromatic carbocycles. The fraction of sp³-hybridized carbons (Fsp3) is 0.308. The largest absolute Gasteiger partial charge is 0.305 e. The summed E-state index contributed by atoms with van der Waals surface area (Å²) in [5.41, 5.74) is 2.78. The number of hydrogen-bond donors (Lipinski definition) is 1. The topological polar surface area (TPSA) is 23.9 Å². The molecule has 0 fully saturated rings. The van der Waals surface area contributed by atoms with Crippen molar-refractivity contribution in [2.24, 2.45) is 0 Å². The molecular weight excluding hydrogens is 170 g/mol. The van der Waals surface area contributed by atoms with E-state index >= 15 is 0 Å². The fourth-order valence-corrected chi connectivity index (χ4v) is 1.04. The predicted octanol–water partition coefficient (Wildman–Crippen LogP) is 4.13. The summed E-state index contributed by atoms with van der Waals surface area (Å²) in [6, 6.07) is 7.98. The number of hydrogen-bond acceptors (Lipinski definition) is 1. The predicted molar refractivity (Wildman–Crippen MR) is 65.0 cm³/mol. The molecule has 0 saturated heterocycles. The van der Waals surface area contributed by atoms with Gasteiger partial charge in [-0.3, -0.25) is 0 Å². The lowest BCUT2D eigenvalue weighted by Gasteiger charge is -1.97. The van der Waals surface area contributed by atoms with Gasteiger partial charge in [-0.15, -0.1) is 0 Å². The second-order valence-corrected chi connectivity index (χ2v) is 2.75. The van der Waals surface area contributed by atoms with E-state index in [0.717, 1.165) is 5.56 Å². The molecule has 0 radical (unpaired) electrons. The van der Waals surface area contributed by atoms with Crippen molar-refractivity contribution >= 4 is 11.8 Å². The van der Waals surface area contributed by atoms with E-state index in [-0.39, 0.29) is 0 Å².